The fourth-order valence-electron chi connectivity index (χ4n) is 1.63. The molecule has 0 aliphatic rings. The lowest BCUT2D eigenvalue weighted by molar-refractivity contribution is 0.555. The first kappa shape index (κ1) is 9.71. The molecule has 1 aromatic carbocycles. The monoisotopic (exact) mass is 231 g/mol. The Morgan fingerprint density at radius 1 is 1.35 bits per heavy atom. The number of hydrogen-bond acceptors (Lipinski definition) is 5. The van der Waals surface area contributed by atoms with E-state index in [0.717, 1.165) is 5.56 Å². The van der Waals surface area contributed by atoms with Crippen LogP contribution in [-0.4, -0.2) is 17.0 Å². The van der Waals surface area contributed by atoms with E-state index in [-0.39, 0.29) is 0 Å². The first-order valence-corrected chi connectivity index (χ1v) is 5.03. The highest BCUT2D eigenvalue weighted by Gasteiger charge is 2.08. The fourth-order valence-corrected chi connectivity index (χ4v) is 1.63. The summed E-state index contributed by atoms with van der Waals surface area (Å²) in [6.45, 7) is 0. The minimum atomic E-state index is -0.467. The molecule has 3 aromatic rings. The van der Waals surface area contributed by atoms with Crippen molar-refractivity contribution in [3.63, 3.8) is 0 Å². The predicted molar refractivity (Wildman–Crippen MR) is 61.9 cm³/mol. The number of nitrogens with one attached hydrogen (secondary N) is 2. The van der Waals surface area contributed by atoms with E-state index in [1.165, 1.54) is 0 Å². The Kier molecular flexibility index (Phi) is 2.01. The molecule has 0 aliphatic heterocycles. The molecule has 17 heavy (non-hydrogen) atoms. The van der Waals surface area contributed by atoms with Gasteiger partial charge in [-0.3, -0.25) is 4.98 Å². The van der Waals surface area contributed by atoms with Gasteiger partial charge in [0.2, 0.25) is 0 Å². The Hall–Kier alpha value is -2.50. The number of H-pyrrole nitrogens is 1. The molecule has 0 amide bonds. The van der Waals surface area contributed by atoms with Crippen molar-refractivity contribution in [3.05, 3.63) is 34.9 Å². The number of oxazole rings is 2. The zero-order chi connectivity index (χ0) is 11.8. The van der Waals surface area contributed by atoms with Crippen LogP contribution in [0.4, 0.5) is 6.01 Å². The van der Waals surface area contributed by atoms with E-state index < -0.39 is 5.76 Å². The van der Waals surface area contributed by atoms with E-state index in [1.54, 1.807) is 31.4 Å². The molecular formula is C11H9N3O3. The minimum absolute atomic E-state index is 0.445. The quantitative estimate of drug-likeness (QED) is 0.702. The average molecular weight is 231 g/mol. The Balaban J connectivity index is 2.13. The summed E-state index contributed by atoms with van der Waals surface area (Å²) in [7, 11) is 1.73. The summed E-state index contributed by atoms with van der Waals surface area (Å²) >= 11 is 0. The van der Waals surface area contributed by atoms with Gasteiger partial charge in [-0.2, -0.15) is 0 Å². The summed E-state index contributed by atoms with van der Waals surface area (Å²) < 4.78 is 10.3. The van der Waals surface area contributed by atoms with Crippen LogP contribution in [0.1, 0.15) is 0 Å². The zero-order valence-electron chi connectivity index (χ0n) is 8.98. The number of aromatic nitrogens is 2. The maximum Gasteiger partial charge on any atom is 0.417 e. The molecule has 86 valence electrons. The SMILES string of the molecule is CNc1ncc(-c2ccc3oc(=O)[nH]c3c2)o1. The summed E-state index contributed by atoms with van der Waals surface area (Å²) in [5.74, 6) is 0.156. The predicted octanol–water partition coefficient (Wildman–Crippen LogP) is 1.82. The van der Waals surface area contributed by atoms with Gasteiger partial charge in [-0.15, -0.1) is 0 Å². The number of rotatable bonds is 2. The molecule has 0 spiro atoms. The van der Waals surface area contributed by atoms with E-state index in [0.29, 0.717) is 22.9 Å². The summed E-state index contributed by atoms with van der Waals surface area (Å²) in [6, 6.07) is 5.74. The molecule has 0 aliphatic carbocycles. The van der Waals surface area contributed by atoms with Gasteiger partial charge in [0.1, 0.15) is 0 Å². The number of anilines is 1. The Labute approximate surface area is 95.3 Å². The van der Waals surface area contributed by atoms with Crippen LogP contribution in [0, 0.1) is 0 Å². The number of benzene rings is 1. The van der Waals surface area contributed by atoms with E-state index in [4.69, 9.17) is 8.83 Å². The zero-order valence-corrected chi connectivity index (χ0v) is 8.98. The fraction of sp³-hybridized carbons (Fsp3) is 0.0909. The lowest BCUT2D eigenvalue weighted by Gasteiger charge is -1.95. The van der Waals surface area contributed by atoms with Crippen LogP contribution in [0.3, 0.4) is 0 Å². The van der Waals surface area contributed by atoms with Gasteiger partial charge < -0.3 is 14.2 Å². The largest absolute Gasteiger partial charge is 0.424 e. The van der Waals surface area contributed by atoms with Crippen molar-refractivity contribution in [1.82, 2.24) is 9.97 Å². The van der Waals surface area contributed by atoms with E-state index >= 15 is 0 Å². The second kappa shape index (κ2) is 3.51. The molecule has 2 N–H and O–H groups in total. The molecule has 0 saturated heterocycles. The molecule has 0 bridgehead atoms. The van der Waals surface area contributed by atoms with Gasteiger partial charge in [-0.1, -0.05) is 0 Å². The summed E-state index contributed by atoms with van der Waals surface area (Å²) in [6.07, 6.45) is 1.62. The van der Waals surface area contributed by atoms with Crippen molar-refractivity contribution in [2.75, 3.05) is 12.4 Å². The van der Waals surface area contributed by atoms with Crippen molar-refractivity contribution < 1.29 is 8.83 Å². The Morgan fingerprint density at radius 3 is 3.00 bits per heavy atom. The van der Waals surface area contributed by atoms with E-state index in [2.05, 4.69) is 15.3 Å². The maximum absolute atomic E-state index is 11.0. The molecule has 0 radical (unpaired) electrons. The van der Waals surface area contributed by atoms with Crippen LogP contribution in [0.5, 0.6) is 0 Å². The highest BCUT2D eigenvalue weighted by molar-refractivity contribution is 5.78. The second-order valence-corrected chi connectivity index (χ2v) is 3.51. The molecular weight excluding hydrogens is 222 g/mol. The maximum atomic E-state index is 11.0. The van der Waals surface area contributed by atoms with Gasteiger partial charge in [0.15, 0.2) is 11.3 Å². The Morgan fingerprint density at radius 2 is 2.24 bits per heavy atom. The van der Waals surface area contributed by atoms with Gasteiger partial charge >= 0.3 is 5.76 Å². The van der Waals surface area contributed by atoms with Gasteiger partial charge in [-0.25, -0.2) is 9.78 Å². The normalized spacial score (nSPS) is 10.9. The molecule has 6 nitrogen and oxygen atoms in total. The van der Waals surface area contributed by atoms with Gasteiger partial charge in [0.25, 0.3) is 6.01 Å². The summed E-state index contributed by atoms with van der Waals surface area (Å²) in [5.41, 5.74) is 1.98. The first-order chi connectivity index (χ1) is 8.26. The lowest BCUT2D eigenvalue weighted by Crippen LogP contribution is -1.92. The Bertz CT molecular complexity index is 723. The molecule has 2 aromatic heterocycles. The first-order valence-electron chi connectivity index (χ1n) is 5.03. The van der Waals surface area contributed by atoms with Crippen LogP contribution < -0.4 is 11.1 Å². The third kappa shape index (κ3) is 1.59. The minimum Gasteiger partial charge on any atom is -0.424 e. The van der Waals surface area contributed by atoms with Crippen LogP contribution >= 0.6 is 0 Å². The third-order valence-electron chi connectivity index (χ3n) is 2.42. The lowest BCUT2D eigenvalue weighted by atomic mass is 10.2. The number of hydrogen-bond donors (Lipinski definition) is 2. The van der Waals surface area contributed by atoms with E-state index in [9.17, 15) is 4.79 Å². The van der Waals surface area contributed by atoms with Crippen LogP contribution in [0.25, 0.3) is 22.4 Å². The highest BCUT2D eigenvalue weighted by Crippen LogP contribution is 2.24. The topological polar surface area (TPSA) is 84.1 Å². The van der Waals surface area contributed by atoms with Crippen LogP contribution in [0.15, 0.2) is 38.0 Å². The molecule has 0 saturated carbocycles. The average Bonchev–Trinajstić information content (AvgIpc) is 2.92. The highest BCUT2D eigenvalue weighted by atomic mass is 16.4. The van der Waals surface area contributed by atoms with Gasteiger partial charge in [0.05, 0.1) is 11.7 Å². The smallest absolute Gasteiger partial charge is 0.417 e. The summed E-state index contributed by atoms with van der Waals surface area (Å²) in [5, 5.41) is 2.80. The number of nitrogens with zero attached hydrogens (tertiary/aromatic N) is 1. The standard InChI is InChI=1S/C11H9N3O3/c1-12-10-13-5-9(16-10)6-2-3-8-7(4-6)14-11(15)17-8/h2-5H,1H3,(H,12,13)(H,14,15). The van der Waals surface area contributed by atoms with Crippen LogP contribution in [-0.2, 0) is 0 Å². The van der Waals surface area contributed by atoms with Gasteiger partial charge in [-0.05, 0) is 18.2 Å². The number of fused-ring (bicyclic) bond motifs is 1. The van der Waals surface area contributed by atoms with Crippen molar-refractivity contribution in [1.29, 1.82) is 0 Å². The van der Waals surface area contributed by atoms with Crippen molar-refractivity contribution in [2.24, 2.45) is 0 Å². The van der Waals surface area contributed by atoms with E-state index in [1.807, 2.05) is 0 Å². The third-order valence-corrected chi connectivity index (χ3v) is 2.42. The molecule has 6 heteroatoms. The van der Waals surface area contributed by atoms with Crippen molar-refractivity contribution in [3.8, 4) is 11.3 Å². The molecule has 3 rings (SSSR count). The second-order valence-electron chi connectivity index (χ2n) is 3.51. The van der Waals surface area contributed by atoms with Crippen molar-refractivity contribution >= 4 is 17.1 Å². The van der Waals surface area contributed by atoms with Crippen LogP contribution in [0.2, 0.25) is 0 Å². The van der Waals surface area contributed by atoms with Gasteiger partial charge in [0, 0.05) is 12.6 Å². The molecule has 0 unspecified atom stereocenters. The molecule has 0 atom stereocenters. The molecule has 2 heterocycles. The molecule has 0 fully saturated rings. The summed E-state index contributed by atoms with van der Waals surface area (Å²) in [4.78, 5) is 17.6. The number of aromatic amines is 1. The van der Waals surface area contributed by atoms with Crippen molar-refractivity contribution in [2.45, 2.75) is 0 Å².